The van der Waals surface area contributed by atoms with E-state index in [0.717, 1.165) is 22.9 Å². The van der Waals surface area contributed by atoms with Gasteiger partial charge in [0.25, 0.3) is 5.56 Å². The van der Waals surface area contributed by atoms with Crippen LogP contribution < -0.4 is 5.56 Å². The van der Waals surface area contributed by atoms with Crippen molar-refractivity contribution in [1.29, 1.82) is 0 Å². The fourth-order valence-electron chi connectivity index (χ4n) is 3.34. The number of aromatic amines is 1. The van der Waals surface area contributed by atoms with Gasteiger partial charge in [0.15, 0.2) is 5.69 Å². The minimum Gasteiger partial charge on any atom is -0.744 e. The van der Waals surface area contributed by atoms with Gasteiger partial charge in [-0.1, -0.05) is 30.3 Å². The molecule has 0 saturated heterocycles. The number of nitrogens with one attached hydrogen (secondary N) is 1. The van der Waals surface area contributed by atoms with Gasteiger partial charge in [-0.25, -0.2) is 21.5 Å². The first kappa shape index (κ1) is 23.3. The highest BCUT2D eigenvalue weighted by Crippen LogP contribution is 2.39. The van der Waals surface area contributed by atoms with E-state index < -0.39 is 41.3 Å². The molecule has 0 atom stereocenters. The highest BCUT2D eigenvalue weighted by atomic mass is 32.2. The smallest absolute Gasteiger partial charge is 0.299 e. The molecule has 0 aliphatic heterocycles. The number of hydrogen-bond acceptors (Lipinski definition) is 10. The van der Waals surface area contributed by atoms with Crippen molar-refractivity contribution >= 4 is 42.4 Å². The largest absolute Gasteiger partial charge is 0.744 e. The number of phenolic OH excluding ortho intramolecular Hbond substituents is 1. The van der Waals surface area contributed by atoms with Gasteiger partial charge in [-0.3, -0.25) is 9.89 Å². The lowest BCUT2D eigenvalue weighted by Gasteiger charge is -2.13. The first-order valence-electron chi connectivity index (χ1n) is 9.38. The Hall–Kier alpha value is -3.85. The summed E-state index contributed by atoms with van der Waals surface area (Å²) < 4.78 is 69.6. The molecular formula is C20H14N4O8S2-2. The van der Waals surface area contributed by atoms with Gasteiger partial charge < -0.3 is 14.2 Å². The Kier molecular flexibility index (Phi) is 5.61. The van der Waals surface area contributed by atoms with Crippen LogP contribution in [0.5, 0.6) is 5.75 Å². The summed E-state index contributed by atoms with van der Waals surface area (Å²) in [6.07, 6.45) is 0. The molecule has 1 heterocycles. The molecule has 0 unspecified atom stereocenters. The number of benzene rings is 3. The van der Waals surface area contributed by atoms with Crippen molar-refractivity contribution in [3.63, 3.8) is 0 Å². The van der Waals surface area contributed by atoms with Crippen LogP contribution >= 0.6 is 0 Å². The summed E-state index contributed by atoms with van der Waals surface area (Å²) in [4.78, 5) is 11.7. The number of aromatic hydroxyl groups is 1. The molecule has 14 heteroatoms. The number of H-pyrrole nitrogens is 1. The third kappa shape index (κ3) is 4.22. The Morgan fingerprint density at radius 3 is 2.18 bits per heavy atom. The van der Waals surface area contributed by atoms with E-state index in [1.54, 1.807) is 0 Å². The normalized spacial score (nSPS) is 12.6. The van der Waals surface area contributed by atoms with Crippen molar-refractivity contribution in [3.8, 4) is 11.4 Å². The second-order valence-corrected chi connectivity index (χ2v) is 9.85. The Balaban J connectivity index is 1.84. The molecule has 0 radical (unpaired) electrons. The topological polar surface area (TPSA) is 197 Å². The highest BCUT2D eigenvalue weighted by Gasteiger charge is 2.17. The lowest BCUT2D eigenvalue weighted by Crippen LogP contribution is -2.14. The van der Waals surface area contributed by atoms with Crippen LogP contribution in [0.15, 0.2) is 79.4 Å². The minimum absolute atomic E-state index is 0.0167. The summed E-state index contributed by atoms with van der Waals surface area (Å²) in [5, 5.41) is 21.0. The molecule has 34 heavy (non-hydrogen) atoms. The number of fused-ring (bicyclic) bond motifs is 1. The van der Waals surface area contributed by atoms with Crippen LogP contribution in [0.1, 0.15) is 5.69 Å². The van der Waals surface area contributed by atoms with Gasteiger partial charge >= 0.3 is 0 Å². The lowest BCUT2D eigenvalue weighted by molar-refractivity contribution is 0.457. The second-order valence-electron chi connectivity index (χ2n) is 7.12. The average molecular weight is 502 g/mol. The number of aryl methyl sites for hydroxylation is 1. The number of phenols is 1. The van der Waals surface area contributed by atoms with E-state index in [2.05, 4.69) is 15.3 Å². The molecule has 0 aliphatic carbocycles. The van der Waals surface area contributed by atoms with Gasteiger partial charge in [-0.05, 0) is 25.1 Å². The standard InChI is InChI=1S/C20H16N4O8S2/c1-11-18(20(26)24(23-11)12-5-4-6-13(9-12)33(27,28)29)21-22-19-15-8-3-2-7-14(15)17(10-16(19)25)34(30,31)32/h2-10,23,25H,1H3,(H,27,28,29)(H,30,31,32)/p-2. The third-order valence-electron chi connectivity index (χ3n) is 4.88. The van der Waals surface area contributed by atoms with E-state index in [0.29, 0.717) is 0 Å². The number of nitrogens with zero attached hydrogens (tertiary/aromatic N) is 3. The summed E-state index contributed by atoms with van der Waals surface area (Å²) in [7, 11) is -9.65. The fourth-order valence-corrected chi connectivity index (χ4v) is 4.55. The van der Waals surface area contributed by atoms with Crippen LogP contribution in [0, 0.1) is 6.92 Å². The van der Waals surface area contributed by atoms with Crippen LogP contribution in [0.4, 0.5) is 11.4 Å². The van der Waals surface area contributed by atoms with Crippen molar-refractivity contribution in [2.45, 2.75) is 16.7 Å². The Bertz CT molecular complexity index is 1750. The van der Waals surface area contributed by atoms with E-state index in [9.17, 15) is 35.8 Å². The van der Waals surface area contributed by atoms with Gasteiger partial charge in [0, 0.05) is 16.8 Å². The predicted molar refractivity (Wildman–Crippen MR) is 117 cm³/mol. The number of hydrogen-bond donors (Lipinski definition) is 2. The molecule has 4 rings (SSSR count). The maximum Gasteiger partial charge on any atom is 0.299 e. The lowest BCUT2D eigenvalue weighted by atomic mass is 10.1. The molecular weight excluding hydrogens is 488 g/mol. The van der Waals surface area contributed by atoms with Crippen LogP contribution in [-0.2, 0) is 20.2 Å². The molecule has 12 nitrogen and oxygen atoms in total. The minimum atomic E-state index is -4.90. The second kappa shape index (κ2) is 8.18. The van der Waals surface area contributed by atoms with E-state index in [4.69, 9.17) is 0 Å². The Morgan fingerprint density at radius 1 is 0.882 bits per heavy atom. The molecule has 2 N–H and O–H groups in total. The van der Waals surface area contributed by atoms with Gasteiger partial charge in [0.2, 0.25) is 0 Å². The van der Waals surface area contributed by atoms with E-state index in [1.807, 2.05) is 0 Å². The van der Waals surface area contributed by atoms with Crippen molar-refractivity contribution in [1.82, 2.24) is 9.78 Å². The van der Waals surface area contributed by atoms with Crippen LogP contribution in [-0.4, -0.2) is 40.8 Å². The number of aromatic nitrogens is 2. The van der Waals surface area contributed by atoms with E-state index in [1.165, 1.54) is 43.3 Å². The highest BCUT2D eigenvalue weighted by molar-refractivity contribution is 7.86. The number of rotatable bonds is 5. The predicted octanol–water partition coefficient (Wildman–Crippen LogP) is 2.56. The van der Waals surface area contributed by atoms with Gasteiger partial charge in [-0.15, -0.1) is 10.2 Å². The van der Waals surface area contributed by atoms with Crippen LogP contribution in [0.2, 0.25) is 0 Å². The molecule has 0 bridgehead atoms. The molecule has 3 aromatic carbocycles. The molecule has 0 saturated carbocycles. The van der Waals surface area contributed by atoms with Crippen molar-refractivity contribution in [2.75, 3.05) is 0 Å². The molecule has 0 fully saturated rings. The molecule has 0 spiro atoms. The Morgan fingerprint density at radius 2 is 1.53 bits per heavy atom. The van der Waals surface area contributed by atoms with Gasteiger partial charge in [0.1, 0.15) is 31.7 Å². The zero-order valence-corrected chi connectivity index (χ0v) is 18.8. The van der Waals surface area contributed by atoms with E-state index >= 15 is 0 Å². The molecule has 0 amide bonds. The quantitative estimate of drug-likeness (QED) is 0.306. The SMILES string of the molecule is Cc1[nH]n(-c2cccc(S(=O)(=O)[O-])c2)c(=O)c1N=Nc1c(O)cc(S(=O)(=O)[O-])c2ccccc12. The maximum atomic E-state index is 12.9. The average Bonchev–Trinajstić information content (AvgIpc) is 3.05. The first-order chi connectivity index (χ1) is 15.9. The summed E-state index contributed by atoms with van der Waals surface area (Å²) in [5.41, 5.74) is -0.811. The van der Waals surface area contributed by atoms with Crippen molar-refractivity contribution < 1.29 is 31.0 Å². The van der Waals surface area contributed by atoms with Gasteiger partial charge in [0.05, 0.1) is 21.2 Å². The third-order valence-corrected chi connectivity index (χ3v) is 6.59. The first-order valence-corrected chi connectivity index (χ1v) is 12.2. The van der Waals surface area contributed by atoms with Crippen molar-refractivity contribution in [3.05, 3.63) is 70.6 Å². The molecule has 176 valence electrons. The van der Waals surface area contributed by atoms with Crippen LogP contribution in [0.25, 0.3) is 16.5 Å². The van der Waals surface area contributed by atoms with Gasteiger partial charge in [-0.2, -0.15) is 0 Å². The summed E-state index contributed by atoms with van der Waals surface area (Å²) >= 11 is 0. The molecule has 0 aliphatic rings. The maximum absolute atomic E-state index is 12.9. The summed E-state index contributed by atoms with van der Waals surface area (Å²) in [6.45, 7) is 1.49. The zero-order chi connectivity index (χ0) is 24.8. The monoisotopic (exact) mass is 502 g/mol. The Labute approximate surface area is 192 Å². The summed E-state index contributed by atoms with van der Waals surface area (Å²) in [5.74, 6) is -0.640. The molecule has 4 aromatic rings. The van der Waals surface area contributed by atoms with Crippen molar-refractivity contribution in [2.24, 2.45) is 10.2 Å². The zero-order valence-electron chi connectivity index (χ0n) is 17.2. The van der Waals surface area contributed by atoms with Crippen LogP contribution in [0.3, 0.4) is 0 Å². The number of azo groups is 1. The molecule has 1 aromatic heterocycles. The van der Waals surface area contributed by atoms with E-state index in [-0.39, 0.29) is 33.5 Å². The summed E-state index contributed by atoms with van der Waals surface area (Å²) in [6, 6.07) is 11.4. The fraction of sp³-hybridized carbons (Fsp3) is 0.0500.